The van der Waals surface area contributed by atoms with Gasteiger partial charge < -0.3 is 15.2 Å². The van der Waals surface area contributed by atoms with Gasteiger partial charge in [-0.05, 0) is 55.0 Å². The Bertz CT molecular complexity index is 1400. The third-order valence-corrected chi connectivity index (χ3v) is 8.73. The Morgan fingerprint density at radius 3 is 1.23 bits per heavy atom. The van der Waals surface area contributed by atoms with E-state index in [1.165, 1.54) is 112 Å². The molecule has 226 valence electrons. The number of fused-ring (bicyclic) bond motifs is 3. The zero-order valence-electron chi connectivity index (χ0n) is 26.3. The van der Waals surface area contributed by atoms with Gasteiger partial charge in [-0.1, -0.05) is 139 Å². The fourth-order valence-corrected chi connectivity index (χ4v) is 6.33. The summed E-state index contributed by atoms with van der Waals surface area (Å²) in [7, 11) is 0. The third-order valence-electron chi connectivity index (χ3n) is 8.73. The SMILES string of the molecule is CCCCCCCCCCCCCCCCn1c2cc(Nc3ccccc3)ccc2c2ccc(Nc3ccccc3)cc21. The summed E-state index contributed by atoms with van der Waals surface area (Å²) in [4.78, 5) is 0. The van der Waals surface area contributed by atoms with Crippen molar-refractivity contribution < 1.29 is 0 Å². The van der Waals surface area contributed by atoms with Crippen LogP contribution in [0.15, 0.2) is 97.1 Å². The molecule has 3 heteroatoms. The van der Waals surface area contributed by atoms with Crippen LogP contribution in [0.4, 0.5) is 22.7 Å². The molecule has 0 fully saturated rings. The van der Waals surface area contributed by atoms with Gasteiger partial charge in [-0.3, -0.25) is 0 Å². The maximum atomic E-state index is 3.61. The summed E-state index contributed by atoms with van der Waals surface area (Å²) in [6, 6.07) is 34.6. The molecular weight excluding hydrogens is 522 g/mol. The van der Waals surface area contributed by atoms with Gasteiger partial charge in [0.25, 0.3) is 0 Å². The van der Waals surface area contributed by atoms with Crippen LogP contribution in [-0.2, 0) is 6.54 Å². The molecule has 0 saturated heterocycles. The summed E-state index contributed by atoms with van der Waals surface area (Å²) in [5.41, 5.74) is 7.11. The van der Waals surface area contributed by atoms with Crippen LogP contribution in [0.5, 0.6) is 0 Å². The minimum Gasteiger partial charge on any atom is -0.355 e. The number of anilines is 4. The van der Waals surface area contributed by atoms with Crippen molar-refractivity contribution in [3.05, 3.63) is 97.1 Å². The molecule has 1 aromatic heterocycles. The zero-order chi connectivity index (χ0) is 29.5. The molecule has 0 radical (unpaired) electrons. The van der Waals surface area contributed by atoms with E-state index < -0.39 is 0 Å². The van der Waals surface area contributed by atoms with E-state index in [9.17, 15) is 0 Å². The number of hydrogen-bond acceptors (Lipinski definition) is 2. The molecule has 0 bridgehead atoms. The van der Waals surface area contributed by atoms with Gasteiger partial charge in [-0.25, -0.2) is 0 Å². The highest BCUT2D eigenvalue weighted by Gasteiger charge is 2.13. The highest BCUT2D eigenvalue weighted by atomic mass is 15.0. The predicted octanol–water partition coefficient (Wildman–Crippen LogP) is 12.8. The van der Waals surface area contributed by atoms with Crippen molar-refractivity contribution in [1.29, 1.82) is 0 Å². The van der Waals surface area contributed by atoms with E-state index in [0.717, 1.165) is 29.3 Å². The molecule has 3 nitrogen and oxygen atoms in total. The van der Waals surface area contributed by atoms with Gasteiger partial charge in [0.05, 0.1) is 11.0 Å². The molecule has 43 heavy (non-hydrogen) atoms. The number of rotatable bonds is 19. The summed E-state index contributed by atoms with van der Waals surface area (Å²) >= 11 is 0. The van der Waals surface area contributed by atoms with Gasteiger partial charge >= 0.3 is 0 Å². The Morgan fingerprint density at radius 1 is 0.419 bits per heavy atom. The molecule has 0 aliphatic heterocycles. The highest BCUT2D eigenvalue weighted by Crippen LogP contribution is 2.34. The molecule has 1 heterocycles. The molecular formula is C40H51N3. The largest absolute Gasteiger partial charge is 0.355 e. The van der Waals surface area contributed by atoms with Crippen molar-refractivity contribution >= 4 is 44.6 Å². The van der Waals surface area contributed by atoms with Crippen LogP contribution in [0.3, 0.4) is 0 Å². The van der Waals surface area contributed by atoms with Crippen LogP contribution in [0.2, 0.25) is 0 Å². The Balaban J connectivity index is 1.20. The van der Waals surface area contributed by atoms with E-state index in [-0.39, 0.29) is 0 Å². The fraction of sp³-hybridized carbons (Fsp3) is 0.400. The van der Waals surface area contributed by atoms with E-state index in [0.29, 0.717) is 0 Å². The zero-order valence-corrected chi connectivity index (χ0v) is 26.3. The second-order valence-corrected chi connectivity index (χ2v) is 12.2. The van der Waals surface area contributed by atoms with E-state index in [4.69, 9.17) is 0 Å². The minimum atomic E-state index is 1.04. The first-order valence-corrected chi connectivity index (χ1v) is 17.0. The molecule has 0 saturated carbocycles. The Hall–Kier alpha value is -3.72. The van der Waals surface area contributed by atoms with Gasteiger partial charge in [-0.2, -0.15) is 0 Å². The maximum Gasteiger partial charge on any atom is 0.0512 e. The molecule has 4 aromatic carbocycles. The van der Waals surface area contributed by atoms with Crippen LogP contribution in [0.1, 0.15) is 96.8 Å². The number of unbranched alkanes of at least 4 members (excludes halogenated alkanes) is 13. The molecule has 0 unspecified atom stereocenters. The van der Waals surface area contributed by atoms with E-state index in [2.05, 4.69) is 119 Å². The summed E-state index contributed by atoms with van der Waals surface area (Å²) in [5.74, 6) is 0. The summed E-state index contributed by atoms with van der Waals surface area (Å²) in [5, 5.41) is 9.86. The molecule has 2 N–H and O–H groups in total. The van der Waals surface area contributed by atoms with Crippen molar-refractivity contribution in [1.82, 2.24) is 4.57 Å². The molecule has 0 atom stereocenters. The Labute approximate surface area is 259 Å². The summed E-state index contributed by atoms with van der Waals surface area (Å²) < 4.78 is 2.55. The second kappa shape index (κ2) is 16.8. The predicted molar refractivity (Wildman–Crippen MR) is 189 cm³/mol. The average molecular weight is 574 g/mol. The molecule has 0 aliphatic rings. The lowest BCUT2D eigenvalue weighted by molar-refractivity contribution is 0.528. The molecule has 0 spiro atoms. The number of aromatic nitrogens is 1. The minimum absolute atomic E-state index is 1.04. The van der Waals surface area contributed by atoms with Crippen molar-refractivity contribution in [2.24, 2.45) is 0 Å². The quantitative estimate of drug-likeness (QED) is 0.0962. The summed E-state index contributed by atoms with van der Waals surface area (Å²) in [6.07, 6.45) is 19.4. The van der Waals surface area contributed by atoms with Gasteiger partial charge in [0.15, 0.2) is 0 Å². The molecule has 5 aromatic rings. The van der Waals surface area contributed by atoms with Crippen LogP contribution in [-0.4, -0.2) is 4.57 Å². The second-order valence-electron chi connectivity index (χ2n) is 12.2. The van der Waals surface area contributed by atoms with Gasteiger partial charge in [-0.15, -0.1) is 0 Å². The normalized spacial score (nSPS) is 11.4. The standard InChI is InChI=1S/C40H51N3/c1-2-3-4-5-6-7-8-9-10-11-12-13-14-21-30-43-39-31-35(41-33-22-17-15-18-23-33)26-28-37(39)38-29-27-36(32-40(38)43)42-34-24-19-16-20-25-34/h15-20,22-29,31-32,41-42H,2-14,21,30H2,1H3. The number of nitrogens with one attached hydrogen (secondary N) is 2. The van der Waals surface area contributed by atoms with Gasteiger partial charge in [0.1, 0.15) is 0 Å². The van der Waals surface area contributed by atoms with Crippen molar-refractivity contribution in [3.8, 4) is 0 Å². The van der Waals surface area contributed by atoms with Crippen LogP contribution < -0.4 is 10.6 Å². The molecule has 0 aliphatic carbocycles. The lowest BCUT2D eigenvalue weighted by atomic mass is 10.0. The Kier molecular flexibility index (Phi) is 12.0. The molecule has 0 amide bonds. The van der Waals surface area contributed by atoms with Crippen molar-refractivity contribution in [2.45, 2.75) is 103 Å². The van der Waals surface area contributed by atoms with Crippen molar-refractivity contribution in [2.75, 3.05) is 10.6 Å². The first kappa shape index (κ1) is 30.7. The number of benzene rings is 4. The average Bonchev–Trinajstić information content (AvgIpc) is 3.34. The van der Waals surface area contributed by atoms with Crippen molar-refractivity contribution in [3.63, 3.8) is 0 Å². The smallest absolute Gasteiger partial charge is 0.0512 e. The Morgan fingerprint density at radius 2 is 0.814 bits per heavy atom. The van der Waals surface area contributed by atoms with Gasteiger partial charge in [0.2, 0.25) is 0 Å². The summed E-state index contributed by atoms with van der Waals surface area (Å²) in [6.45, 7) is 3.34. The lowest BCUT2D eigenvalue weighted by Crippen LogP contribution is -1.99. The first-order chi connectivity index (χ1) is 21.3. The van der Waals surface area contributed by atoms with Crippen LogP contribution >= 0.6 is 0 Å². The topological polar surface area (TPSA) is 29.0 Å². The van der Waals surface area contributed by atoms with E-state index in [1.54, 1.807) is 0 Å². The monoisotopic (exact) mass is 573 g/mol. The van der Waals surface area contributed by atoms with E-state index in [1.807, 2.05) is 0 Å². The molecule has 5 rings (SSSR count). The fourth-order valence-electron chi connectivity index (χ4n) is 6.33. The van der Waals surface area contributed by atoms with Crippen LogP contribution in [0, 0.1) is 0 Å². The number of aryl methyl sites for hydroxylation is 1. The van der Waals surface area contributed by atoms with E-state index >= 15 is 0 Å². The highest BCUT2D eigenvalue weighted by molar-refractivity contribution is 6.09. The number of hydrogen-bond donors (Lipinski definition) is 2. The third kappa shape index (κ3) is 9.13. The maximum absolute atomic E-state index is 3.61. The van der Waals surface area contributed by atoms with Gasteiger partial charge in [0, 0.05) is 40.1 Å². The lowest BCUT2D eigenvalue weighted by Gasteiger charge is -2.11. The van der Waals surface area contributed by atoms with Crippen LogP contribution in [0.25, 0.3) is 21.8 Å². The first-order valence-electron chi connectivity index (χ1n) is 17.0. The number of para-hydroxylation sites is 2. The number of nitrogens with zero attached hydrogens (tertiary/aromatic N) is 1.